The summed E-state index contributed by atoms with van der Waals surface area (Å²) in [6, 6.07) is 5.29. The Labute approximate surface area is 141 Å². The number of ether oxygens (including phenoxy) is 1. The van der Waals surface area contributed by atoms with E-state index >= 15 is 0 Å². The Morgan fingerprint density at radius 2 is 2.04 bits per heavy atom. The molecule has 0 bridgehead atoms. The number of nitrogens with zero attached hydrogens (tertiary/aromatic N) is 2. The van der Waals surface area contributed by atoms with Gasteiger partial charge in [0.15, 0.2) is 6.10 Å². The van der Waals surface area contributed by atoms with E-state index in [4.69, 9.17) is 4.74 Å². The minimum atomic E-state index is -4.55. The molecule has 5 nitrogen and oxygen atoms in total. The van der Waals surface area contributed by atoms with Gasteiger partial charge in [-0.3, -0.25) is 9.59 Å². The van der Waals surface area contributed by atoms with E-state index in [0.29, 0.717) is 10.9 Å². The predicted octanol–water partition coefficient (Wildman–Crippen LogP) is 2.25. The smallest absolute Gasteiger partial charge is 0.365 e. The summed E-state index contributed by atoms with van der Waals surface area (Å²) in [6.07, 6.45) is -5.21. The average molecular weight is 354 g/mol. The van der Waals surface area contributed by atoms with Crippen molar-refractivity contribution < 1.29 is 22.7 Å². The highest BCUT2D eigenvalue weighted by atomic mass is 19.4. The van der Waals surface area contributed by atoms with Crippen LogP contribution in [0.25, 0.3) is 10.9 Å². The number of alkyl halides is 3. The monoisotopic (exact) mass is 354 g/mol. The van der Waals surface area contributed by atoms with E-state index in [2.05, 4.69) is 0 Å². The molecule has 0 aliphatic carbocycles. The van der Waals surface area contributed by atoms with E-state index in [1.807, 2.05) is 13.0 Å². The molecule has 2 aromatic rings. The molecule has 0 spiro atoms. The van der Waals surface area contributed by atoms with Gasteiger partial charge in [0.05, 0.1) is 18.7 Å². The van der Waals surface area contributed by atoms with Crippen LogP contribution in [-0.4, -0.2) is 47.4 Å². The number of carbonyl (C=O) groups excluding carboxylic acids is 1. The van der Waals surface area contributed by atoms with Gasteiger partial charge in [-0.05, 0) is 19.1 Å². The van der Waals surface area contributed by atoms with Crippen molar-refractivity contribution in [1.29, 1.82) is 0 Å². The van der Waals surface area contributed by atoms with Crippen molar-refractivity contribution in [2.24, 2.45) is 7.05 Å². The van der Waals surface area contributed by atoms with Crippen LogP contribution in [0.4, 0.5) is 13.2 Å². The molecule has 0 unspecified atom stereocenters. The highest BCUT2D eigenvalue weighted by molar-refractivity contribution is 5.97. The lowest BCUT2D eigenvalue weighted by molar-refractivity contribution is -0.233. The van der Waals surface area contributed by atoms with E-state index < -0.39 is 30.2 Å². The summed E-state index contributed by atoms with van der Waals surface area (Å²) in [4.78, 5) is 26.4. The predicted molar refractivity (Wildman–Crippen MR) is 85.6 cm³/mol. The Morgan fingerprint density at radius 1 is 1.32 bits per heavy atom. The molecule has 8 heteroatoms. The molecule has 1 aromatic carbocycles. The lowest BCUT2D eigenvalue weighted by Crippen LogP contribution is -2.51. The number of rotatable bonds is 1. The number of carbonyl (C=O) groups is 1. The normalized spacial score (nSPS) is 18.6. The zero-order valence-corrected chi connectivity index (χ0v) is 13.8. The van der Waals surface area contributed by atoms with Gasteiger partial charge in [0.1, 0.15) is 5.56 Å². The van der Waals surface area contributed by atoms with Gasteiger partial charge >= 0.3 is 6.18 Å². The van der Waals surface area contributed by atoms with Gasteiger partial charge in [0, 0.05) is 25.2 Å². The molecule has 1 atom stereocenters. The molecule has 0 radical (unpaired) electrons. The third kappa shape index (κ3) is 3.26. The Bertz CT molecular complexity index is 889. The van der Waals surface area contributed by atoms with E-state index in [0.717, 1.165) is 10.5 Å². The minimum Gasteiger partial charge on any atom is -0.365 e. The van der Waals surface area contributed by atoms with E-state index in [9.17, 15) is 22.8 Å². The Morgan fingerprint density at radius 3 is 2.72 bits per heavy atom. The summed E-state index contributed by atoms with van der Waals surface area (Å²) in [5.74, 6) is -0.707. The summed E-state index contributed by atoms with van der Waals surface area (Å²) >= 11 is 0. The fourth-order valence-corrected chi connectivity index (χ4v) is 2.96. The number of hydrogen-bond donors (Lipinski definition) is 0. The first-order valence-corrected chi connectivity index (χ1v) is 7.76. The second-order valence-corrected chi connectivity index (χ2v) is 6.16. The molecule has 25 heavy (non-hydrogen) atoms. The second-order valence-electron chi connectivity index (χ2n) is 6.16. The first-order valence-electron chi connectivity index (χ1n) is 7.76. The number of benzene rings is 1. The van der Waals surface area contributed by atoms with Crippen molar-refractivity contribution in [1.82, 2.24) is 9.47 Å². The largest absolute Gasteiger partial charge is 0.416 e. The first-order chi connectivity index (χ1) is 11.7. The number of aryl methyl sites for hydroxylation is 2. The fourth-order valence-electron chi connectivity index (χ4n) is 2.96. The average Bonchev–Trinajstić information content (AvgIpc) is 2.56. The third-order valence-electron chi connectivity index (χ3n) is 4.29. The molecule has 1 fully saturated rings. The zero-order valence-electron chi connectivity index (χ0n) is 13.8. The molecule has 1 saturated heterocycles. The molecule has 0 N–H and O–H groups in total. The van der Waals surface area contributed by atoms with Gasteiger partial charge in [0.2, 0.25) is 5.43 Å². The van der Waals surface area contributed by atoms with Crippen molar-refractivity contribution in [2.75, 3.05) is 19.7 Å². The van der Waals surface area contributed by atoms with Gasteiger partial charge < -0.3 is 14.2 Å². The summed E-state index contributed by atoms with van der Waals surface area (Å²) in [5, 5.41) is 0.369. The van der Waals surface area contributed by atoms with Crippen molar-refractivity contribution in [3.8, 4) is 0 Å². The number of aromatic nitrogens is 1. The van der Waals surface area contributed by atoms with Crippen LogP contribution in [0.15, 0.2) is 29.2 Å². The number of hydrogen-bond acceptors (Lipinski definition) is 3. The van der Waals surface area contributed by atoms with Crippen molar-refractivity contribution in [2.45, 2.75) is 19.2 Å². The van der Waals surface area contributed by atoms with Crippen molar-refractivity contribution in [3.63, 3.8) is 0 Å². The zero-order chi connectivity index (χ0) is 18.4. The highest BCUT2D eigenvalue weighted by Crippen LogP contribution is 2.26. The highest BCUT2D eigenvalue weighted by Gasteiger charge is 2.44. The molecule has 1 aliphatic heterocycles. The SMILES string of the molecule is Cc1ccc2c(c1)c(=O)c(C(=O)N1CCO[C@@H](C(F)(F)F)C1)cn2C. The number of halogens is 3. The van der Waals surface area contributed by atoms with Crippen LogP contribution in [0.5, 0.6) is 0 Å². The topological polar surface area (TPSA) is 51.5 Å². The Balaban J connectivity index is 2.00. The van der Waals surface area contributed by atoms with E-state index in [-0.39, 0.29) is 18.7 Å². The molecule has 3 rings (SSSR count). The van der Waals surface area contributed by atoms with Crippen molar-refractivity contribution in [3.05, 3.63) is 45.7 Å². The molecule has 2 heterocycles. The van der Waals surface area contributed by atoms with Gasteiger partial charge in [-0.25, -0.2) is 0 Å². The maximum atomic E-state index is 12.8. The standard InChI is InChI=1S/C17H17F3N2O3/c1-10-3-4-13-11(7-10)15(23)12(8-21(13)2)16(24)22-5-6-25-14(9-22)17(18,19)20/h3-4,7-8,14H,5-6,9H2,1-2H3/t14-/m1/s1. The maximum Gasteiger partial charge on any atom is 0.416 e. The van der Waals surface area contributed by atoms with Gasteiger partial charge in [-0.15, -0.1) is 0 Å². The summed E-state index contributed by atoms with van der Waals surface area (Å²) < 4.78 is 44.9. The van der Waals surface area contributed by atoms with Crippen LogP contribution in [-0.2, 0) is 11.8 Å². The quantitative estimate of drug-likeness (QED) is 0.789. The van der Waals surface area contributed by atoms with Gasteiger partial charge in [-0.2, -0.15) is 13.2 Å². The van der Waals surface area contributed by atoms with Crippen LogP contribution in [0.2, 0.25) is 0 Å². The van der Waals surface area contributed by atoms with E-state index in [1.165, 1.54) is 6.20 Å². The summed E-state index contributed by atoms with van der Waals surface area (Å²) in [6.45, 7) is 1.00. The second kappa shape index (κ2) is 6.18. The molecule has 0 saturated carbocycles. The number of morpholine rings is 1. The summed E-state index contributed by atoms with van der Waals surface area (Å²) in [5.41, 5.74) is 0.903. The van der Waals surface area contributed by atoms with Crippen LogP contribution in [0, 0.1) is 6.92 Å². The van der Waals surface area contributed by atoms with Crippen LogP contribution < -0.4 is 5.43 Å². The maximum absolute atomic E-state index is 12.8. The van der Waals surface area contributed by atoms with Crippen molar-refractivity contribution >= 4 is 16.8 Å². The number of fused-ring (bicyclic) bond motifs is 1. The van der Waals surface area contributed by atoms with E-state index in [1.54, 1.807) is 23.7 Å². The Hall–Kier alpha value is -2.35. The van der Waals surface area contributed by atoms with Crippen LogP contribution in [0.1, 0.15) is 15.9 Å². The van der Waals surface area contributed by atoms with Crippen LogP contribution >= 0.6 is 0 Å². The number of pyridine rings is 1. The molecule has 134 valence electrons. The fraction of sp³-hybridized carbons (Fsp3) is 0.412. The summed E-state index contributed by atoms with van der Waals surface area (Å²) in [7, 11) is 1.69. The molecular weight excluding hydrogens is 337 g/mol. The first kappa shape index (κ1) is 17.5. The number of amides is 1. The minimum absolute atomic E-state index is 0.0143. The lowest BCUT2D eigenvalue weighted by Gasteiger charge is -2.33. The molecular formula is C17H17F3N2O3. The molecule has 1 aliphatic rings. The van der Waals surface area contributed by atoms with Gasteiger partial charge in [0.25, 0.3) is 5.91 Å². The Kier molecular flexibility index (Phi) is 4.32. The molecule has 1 aromatic heterocycles. The lowest BCUT2D eigenvalue weighted by atomic mass is 10.1. The van der Waals surface area contributed by atoms with Gasteiger partial charge in [-0.1, -0.05) is 11.6 Å². The molecule has 1 amide bonds. The third-order valence-corrected chi connectivity index (χ3v) is 4.29. The van der Waals surface area contributed by atoms with Crippen LogP contribution in [0.3, 0.4) is 0 Å².